The van der Waals surface area contributed by atoms with E-state index < -0.39 is 11.8 Å². The first kappa shape index (κ1) is 10.2. The first-order chi connectivity index (χ1) is 7.63. The molecule has 1 heterocycles. The molecule has 1 N–H and O–H groups in total. The van der Waals surface area contributed by atoms with Gasteiger partial charge in [-0.3, -0.25) is 4.79 Å². The number of para-hydroxylation sites is 1. The summed E-state index contributed by atoms with van der Waals surface area (Å²) in [7, 11) is 1.36. The molecule has 0 fully saturated rings. The zero-order valence-electron chi connectivity index (χ0n) is 8.26. The van der Waals surface area contributed by atoms with Crippen LogP contribution in [0.25, 0.3) is 11.1 Å². The molecule has 1 aromatic heterocycles. The predicted octanol–water partition coefficient (Wildman–Crippen LogP) is 1.10. The molecule has 0 radical (unpaired) electrons. The molecule has 0 aliphatic carbocycles. The molecule has 0 aliphatic rings. The summed E-state index contributed by atoms with van der Waals surface area (Å²) in [5.41, 5.74) is 0.479. The van der Waals surface area contributed by atoms with Crippen molar-refractivity contribution in [2.75, 3.05) is 7.11 Å². The molecule has 0 saturated carbocycles. The largest absolute Gasteiger partial charge is 0.475 e. The SMILES string of the molecule is COc1nc2c(C(=O)C(=O)O)cccc2o1. The van der Waals surface area contributed by atoms with E-state index in [2.05, 4.69) is 4.98 Å². The second-order valence-corrected chi connectivity index (χ2v) is 2.97. The van der Waals surface area contributed by atoms with Gasteiger partial charge in [0, 0.05) is 0 Å². The lowest BCUT2D eigenvalue weighted by molar-refractivity contribution is -0.131. The van der Waals surface area contributed by atoms with Crippen molar-refractivity contribution in [2.24, 2.45) is 0 Å². The molecule has 0 saturated heterocycles. The predicted molar refractivity (Wildman–Crippen MR) is 52.5 cm³/mol. The minimum atomic E-state index is -1.53. The van der Waals surface area contributed by atoms with Crippen molar-refractivity contribution in [1.29, 1.82) is 0 Å². The minimum Gasteiger partial charge on any atom is -0.475 e. The fourth-order valence-corrected chi connectivity index (χ4v) is 1.31. The van der Waals surface area contributed by atoms with Gasteiger partial charge in [0.25, 0.3) is 5.78 Å². The van der Waals surface area contributed by atoms with Crippen LogP contribution in [0.5, 0.6) is 6.08 Å². The summed E-state index contributed by atoms with van der Waals surface area (Å²) < 4.78 is 9.87. The smallest absolute Gasteiger partial charge is 0.394 e. The Hall–Kier alpha value is -2.37. The van der Waals surface area contributed by atoms with Crippen molar-refractivity contribution >= 4 is 22.9 Å². The quantitative estimate of drug-likeness (QED) is 0.616. The third-order valence-electron chi connectivity index (χ3n) is 2.01. The number of rotatable bonds is 3. The third kappa shape index (κ3) is 1.50. The average molecular weight is 221 g/mol. The molecule has 2 aromatic rings. The van der Waals surface area contributed by atoms with Gasteiger partial charge in [0.05, 0.1) is 12.7 Å². The van der Waals surface area contributed by atoms with Crippen molar-refractivity contribution < 1.29 is 23.8 Å². The number of nitrogens with zero attached hydrogens (tertiary/aromatic N) is 1. The number of aliphatic carboxylic acids is 1. The molecular weight excluding hydrogens is 214 g/mol. The number of carboxylic acid groups (broad SMARTS) is 1. The van der Waals surface area contributed by atoms with Crippen molar-refractivity contribution in [3.05, 3.63) is 23.8 Å². The number of ether oxygens (including phenoxy) is 1. The number of hydrogen-bond donors (Lipinski definition) is 1. The van der Waals surface area contributed by atoms with E-state index in [1.165, 1.54) is 19.2 Å². The zero-order valence-corrected chi connectivity index (χ0v) is 8.26. The summed E-state index contributed by atoms with van der Waals surface area (Å²) in [6.07, 6.45) is -0.0133. The maximum atomic E-state index is 11.3. The van der Waals surface area contributed by atoms with E-state index in [1.54, 1.807) is 6.07 Å². The van der Waals surface area contributed by atoms with E-state index in [-0.39, 0.29) is 17.2 Å². The Bertz CT molecular complexity index is 572. The highest BCUT2D eigenvalue weighted by atomic mass is 16.6. The van der Waals surface area contributed by atoms with Crippen LogP contribution in [-0.2, 0) is 4.79 Å². The number of carbonyl (C=O) groups excluding carboxylic acids is 1. The first-order valence-electron chi connectivity index (χ1n) is 4.34. The van der Waals surface area contributed by atoms with Crippen LogP contribution in [0.4, 0.5) is 0 Å². The standard InChI is InChI=1S/C10H7NO5/c1-15-10-11-7-5(8(12)9(13)14)3-2-4-6(7)16-10/h2-4H,1H3,(H,13,14). The number of ketones is 1. The van der Waals surface area contributed by atoms with Crippen LogP contribution in [-0.4, -0.2) is 29.0 Å². The van der Waals surface area contributed by atoms with Crippen LogP contribution in [0.2, 0.25) is 0 Å². The van der Waals surface area contributed by atoms with Crippen LogP contribution in [0.1, 0.15) is 10.4 Å². The van der Waals surface area contributed by atoms with Gasteiger partial charge in [0.1, 0.15) is 5.52 Å². The number of hydrogen-bond acceptors (Lipinski definition) is 5. The Morgan fingerprint density at radius 2 is 2.19 bits per heavy atom. The third-order valence-corrected chi connectivity index (χ3v) is 2.01. The number of oxazole rings is 1. The van der Waals surface area contributed by atoms with Gasteiger partial charge < -0.3 is 14.3 Å². The second kappa shape index (κ2) is 3.65. The molecule has 2 rings (SSSR count). The van der Waals surface area contributed by atoms with Gasteiger partial charge in [-0.1, -0.05) is 6.07 Å². The highest BCUT2D eigenvalue weighted by Gasteiger charge is 2.20. The second-order valence-electron chi connectivity index (χ2n) is 2.97. The van der Waals surface area contributed by atoms with Gasteiger partial charge in [0.15, 0.2) is 5.58 Å². The minimum absolute atomic E-state index is 0.0133. The van der Waals surface area contributed by atoms with Crippen LogP contribution in [0.3, 0.4) is 0 Å². The highest BCUT2D eigenvalue weighted by molar-refractivity contribution is 6.41. The Morgan fingerprint density at radius 3 is 2.81 bits per heavy atom. The van der Waals surface area contributed by atoms with Crippen LogP contribution >= 0.6 is 0 Å². The summed E-state index contributed by atoms with van der Waals surface area (Å²) in [4.78, 5) is 25.8. The fourth-order valence-electron chi connectivity index (χ4n) is 1.31. The summed E-state index contributed by atoms with van der Waals surface area (Å²) in [5.74, 6) is -2.56. The Kier molecular flexibility index (Phi) is 2.32. The van der Waals surface area contributed by atoms with Crippen LogP contribution in [0, 0.1) is 0 Å². The molecule has 6 nitrogen and oxygen atoms in total. The lowest BCUT2D eigenvalue weighted by atomic mass is 10.1. The highest BCUT2D eigenvalue weighted by Crippen LogP contribution is 2.23. The topological polar surface area (TPSA) is 89.6 Å². The number of fused-ring (bicyclic) bond motifs is 1. The van der Waals surface area contributed by atoms with Crippen molar-refractivity contribution in [1.82, 2.24) is 4.98 Å². The zero-order chi connectivity index (χ0) is 11.7. The lowest BCUT2D eigenvalue weighted by Gasteiger charge is -1.94. The molecule has 0 spiro atoms. The van der Waals surface area contributed by atoms with E-state index >= 15 is 0 Å². The molecule has 0 amide bonds. The molecule has 0 unspecified atom stereocenters. The van der Waals surface area contributed by atoms with Gasteiger partial charge in [-0.05, 0) is 12.1 Å². The van der Waals surface area contributed by atoms with Crippen LogP contribution < -0.4 is 4.74 Å². The van der Waals surface area contributed by atoms with Gasteiger partial charge in [-0.15, -0.1) is 0 Å². The molecule has 16 heavy (non-hydrogen) atoms. The van der Waals surface area contributed by atoms with E-state index in [4.69, 9.17) is 14.3 Å². The Labute approximate surface area is 89.5 Å². The van der Waals surface area contributed by atoms with E-state index in [0.717, 1.165) is 0 Å². The number of benzene rings is 1. The Morgan fingerprint density at radius 1 is 1.44 bits per heavy atom. The molecular formula is C10H7NO5. The number of carbonyl (C=O) groups is 2. The summed E-state index contributed by atoms with van der Waals surface area (Å²) in [5, 5.41) is 8.62. The molecule has 6 heteroatoms. The fraction of sp³-hybridized carbons (Fsp3) is 0.100. The van der Waals surface area contributed by atoms with E-state index in [9.17, 15) is 9.59 Å². The maximum absolute atomic E-state index is 11.3. The first-order valence-corrected chi connectivity index (χ1v) is 4.34. The molecule has 1 aromatic carbocycles. The van der Waals surface area contributed by atoms with Crippen molar-refractivity contribution in [3.63, 3.8) is 0 Å². The van der Waals surface area contributed by atoms with Crippen molar-refractivity contribution in [2.45, 2.75) is 0 Å². The number of methoxy groups -OCH3 is 1. The summed E-state index contributed by atoms with van der Waals surface area (Å²) in [6.45, 7) is 0. The maximum Gasteiger partial charge on any atom is 0.394 e. The molecule has 0 aliphatic heterocycles. The monoisotopic (exact) mass is 221 g/mol. The summed E-state index contributed by atoms with van der Waals surface area (Å²) >= 11 is 0. The normalized spacial score (nSPS) is 10.3. The number of aromatic nitrogens is 1. The summed E-state index contributed by atoms with van der Waals surface area (Å²) in [6, 6.07) is 4.47. The average Bonchev–Trinajstić information content (AvgIpc) is 2.70. The Balaban J connectivity index is 2.65. The number of carboxylic acids is 1. The molecule has 0 bridgehead atoms. The van der Waals surface area contributed by atoms with E-state index in [1.807, 2.05) is 0 Å². The van der Waals surface area contributed by atoms with E-state index in [0.29, 0.717) is 5.58 Å². The van der Waals surface area contributed by atoms with Gasteiger partial charge in [0.2, 0.25) is 0 Å². The molecule has 0 atom stereocenters. The number of Topliss-reactive ketones (excluding diaryl/α,β-unsaturated/α-hetero) is 1. The lowest BCUT2D eigenvalue weighted by Crippen LogP contribution is -2.12. The van der Waals surface area contributed by atoms with Crippen molar-refractivity contribution in [3.8, 4) is 6.08 Å². The van der Waals surface area contributed by atoms with Gasteiger partial charge in [-0.25, -0.2) is 4.79 Å². The van der Waals surface area contributed by atoms with Crippen LogP contribution in [0.15, 0.2) is 22.6 Å². The van der Waals surface area contributed by atoms with Gasteiger partial charge in [-0.2, -0.15) is 4.98 Å². The molecule has 82 valence electrons. The van der Waals surface area contributed by atoms with Gasteiger partial charge >= 0.3 is 12.0 Å².